The third-order valence-corrected chi connectivity index (χ3v) is 1.58. The van der Waals surface area contributed by atoms with Crippen LogP contribution in [0.4, 0.5) is 0 Å². The smallest absolute Gasteiger partial charge is 0.434 e. The summed E-state index contributed by atoms with van der Waals surface area (Å²) >= 11 is 0. The topological polar surface area (TPSA) is 116 Å². The molecule has 0 rings (SSSR count). The van der Waals surface area contributed by atoms with E-state index in [9.17, 15) is 23.7 Å². The van der Waals surface area contributed by atoms with Gasteiger partial charge >= 0.3 is 15.7 Å². The van der Waals surface area contributed by atoms with E-state index in [1.165, 1.54) is 0 Å². The zero-order valence-electron chi connectivity index (χ0n) is 7.29. The first-order valence-electron chi connectivity index (χ1n) is 3.12. The van der Waals surface area contributed by atoms with Crippen LogP contribution in [-0.2, 0) is 10.0 Å². The number of sulfonamides is 1. The predicted octanol–water partition coefficient (Wildman–Crippen LogP) is -0.0787. The minimum Gasteiger partial charge on any atom is -0.594 e. The van der Waals surface area contributed by atoms with Gasteiger partial charge in [-0.25, -0.2) is 0 Å². The molecular weight excluding hydrogens is 202 g/mol. The molecular formula is C4H9N3O5S. The van der Waals surface area contributed by atoms with Gasteiger partial charge in [0.15, 0.2) is 0 Å². The van der Waals surface area contributed by atoms with Crippen LogP contribution in [0.1, 0.15) is 13.8 Å². The molecule has 0 aromatic rings. The van der Waals surface area contributed by atoms with Crippen LogP contribution in [0.15, 0.2) is 4.52 Å². The lowest BCUT2D eigenvalue weighted by Gasteiger charge is -2.10. The molecule has 0 aromatic carbocycles. The summed E-state index contributed by atoms with van der Waals surface area (Å²) in [5.74, 6) is 0. The van der Waals surface area contributed by atoms with Crippen molar-refractivity contribution >= 4 is 10.0 Å². The normalized spacial score (nSPS) is 14.2. The summed E-state index contributed by atoms with van der Waals surface area (Å²) in [6.07, 6.45) is 0.675. The van der Waals surface area contributed by atoms with E-state index in [0.29, 0.717) is 6.26 Å². The second-order valence-corrected chi connectivity index (χ2v) is 4.47. The highest BCUT2D eigenvalue weighted by molar-refractivity contribution is 7.89. The van der Waals surface area contributed by atoms with Crippen molar-refractivity contribution in [1.82, 2.24) is 0 Å². The van der Waals surface area contributed by atoms with Crippen LogP contribution in [0.3, 0.4) is 0 Å². The minimum atomic E-state index is -3.91. The fourth-order valence-electron chi connectivity index (χ4n) is 0.304. The summed E-state index contributed by atoms with van der Waals surface area (Å²) in [6, 6.07) is 0. The first-order chi connectivity index (χ1) is 5.57. The molecule has 0 aliphatic carbocycles. The third-order valence-electron chi connectivity index (χ3n) is 1.14. The van der Waals surface area contributed by atoms with Crippen molar-refractivity contribution in [3.63, 3.8) is 0 Å². The molecule has 8 nitrogen and oxygen atoms in total. The van der Waals surface area contributed by atoms with E-state index in [4.69, 9.17) is 0 Å². The Morgan fingerprint density at radius 2 is 1.69 bits per heavy atom. The Hall–Kier alpha value is -1.25. The number of hydroxylamine groups is 1. The second-order valence-electron chi connectivity index (χ2n) is 2.84. The molecule has 0 bridgehead atoms. The Morgan fingerprint density at radius 3 is 1.92 bits per heavy atom. The molecule has 0 unspecified atom stereocenters. The Morgan fingerprint density at radius 1 is 1.31 bits per heavy atom. The van der Waals surface area contributed by atoms with Crippen molar-refractivity contribution in [2.45, 2.75) is 19.5 Å². The molecule has 0 spiro atoms. The van der Waals surface area contributed by atoms with Crippen molar-refractivity contribution in [3.8, 4) is 0 Å². The largest absolute Gasteiger partial charge is 0.594 e. The van der Waals surface area contributed by atoms with E-state index in [-0.39, 0.29) is 0 Å². The molecule has 0 aliphatic rings. The average Bonchev–Trinajstić information content (AvgIpc) is 1.82. The van der Waals surface area contributed by atoms with Crippen molar-refractivity contribution in [1.29, 1.82) is 0 Å². The van der Waals surface area contributed by atoms with Gasteiger partial charge in [0, 0.05) is 0 Å². The quantitative estimate of drug-likeness (QED) is 0.213. The van der Waals surface area contributed by atoms with Crippen molar-refractivity contribution in [2.75, 3.05) is 6.26 Å². The maximum absolute atomic E-state index is 10.9. The highest BCUT2D eigenvalue weighted by Crippen LogP contribution is 2.09. The number of rotatable bonds is 3. The second kappa shape index (κ2) is 3.24. The minimum absolute atomic E-state index is 0.442. The highest BCUT2D eigenvalue weighted by Gasteiger charge is 2.42. The van der Waals surface area contributed by atoms with E-state index in [1.54, 1.807) is 0 Å². The number of nitro groups is 1. The van der Waals surface area contributed by atoms with E-state index in [0.717, 1.165) is 13.8 Å². The third kappa shape index (κ3) is 3.32. The molecule has 0 N–H and O–H groups in total. The maximum Gasteiger partial charge on any atom is 0.434 e. The van der Waals surface area contributed by atoms with E-state index < -0.39 is 25.5 Å². The van der Waals surface area contributed by atoms with Gasteiger partial charge in [-0.15, -0.1) is 0 Å². The first-order valence-corrected chi connectivity index (χ1v) is 4.97. The first kappa shape index (κ1) is 11.8. The van der Waals surface area contributed by atoms with Gasteiger partial charge < -0.3 is 5.21 Å². The SMILES string of the molecule is CC(C)([N+](=O)[O-])[N+]([O-])=NS(C)(=O)=O. The average molecular weight is 211 g/mol. The molecule has 0 atom stereocenters. The van der Waals surface area contributed by atoms with Gasteiger partial charge in [0.1, 0.15) is 4.52 Å². The van der Waals surface area contributed by atoms with E-state index in [2.05, 4.69) is 4.52 Å². The van der Waals surface area contributed by atoms with Crippen molar-refractivity contribution < 1.29 is 18.2 Å². The van der Waals surface area contributed by atoms with Gasteiger partial charge in [-0.2, -0.15) is 8.42 Å². The monoisotopic (exact) mass is 211 g/mol. The van der Waals surface area contributed by atoms with Gasteiger partial charge in [-0.1, -0.05) is 0 Å². The molecule has 0 amide bonds. The molecule has 0 heterocycles. The van der Waals surface area contributed by atoms with E-state index >= 15 is 0 Å². The van der Waals surface area contributed by atoms with Gasteiger partial charge in [0.2, 0.25) is 0 Å². The van der Waals surface area contributed by atoms with Gasteiger partial charge in [0.05, 0.1) is 25.0 Å². The summed E-state index contributed by atoms with van der Waals surface area (Å²) < 4.78 is 23.6. The maximum atomic E-state index is 10.9. The summed E-state index contributed by atoms with van der Waals surface area (Å²) in [5.41, 5.74) is -2.08. The van der Waals surface area contributed by atoms with Gasteiger partial charge in [-0.3, -0.25) is 10.1 Å². The fraction of sp³-hybridized carbons (Fsp3) is 1.00. The molecule has 0 aliphatic heterocycles. The lowest BCUT2D eigenvalue weighted by molar-refractivity contribution is -0.802. The standard InChI is InChI=1S/C4H9N3O5S/c1-4(2,7(9)10)6(8)5-13(3,11)12/h1-3H3. The van der Waals surface area contributed by atoms with Crippen LogP contribution in [-0.4, -0.2) is 30.1 Å². The van der Waals surface area contributed by atoms with Crippen LogP contribution < -0.4 is 0 Å². The summed E-state index contributed by atoms with van der Waals surface area (Å²) in [4.78, 5) is 8.89. The fourth-order valence-corrected chi connectivity index (χ4v) is 0.774. The summed E-state index contributed by atoms with van der Waals surface area (Å²) in [7, 11) is -3.91. The predicted molar refractivity (Wildman–Crippen MR) is 42.0 cm³/mol. The molecule has 13 heavy (non-hydrogen) atoms. The lowest BCUT2D eigenvalue weighted by Crippen LogP contribution is -2.40. The molecule has 0 fully saturated rings. The van der Waals surface area contributed by atoms with Crippen LogP contribution in [0.5, 0.6) is 0 Å². The molecule has 0 saturated heterocycles. The van der Waals surface area contributed by atoms with Crippen LogP contribution in [0, 0.1) is 15.3 Å². The van der Waals surface area contributed by atoms with Crippen molar-refractivity contribution in [3.05, 3.63) is 15.3 Å². The van der Waals surface area contributed by atoms with Crippen LogP contribution in [0.2, 0.25) is 0 Å². The zero-order valence-corrected chi connectivity index (χ0v) is 8.11. The Balaban J connectivity index is 5.12. The highest BCUT2D eigenvalue weighted by atomic mass is 32.2. The lowest BCUT2D eigenvalue weighted by atomic mass is 10.3. The zero-order chi connectivity index (χ0) is 10.9. The summed E-state index contributed by atoms with van der Waals surface area (Å²) in [6.45, 7) is 1.91. The van der Waals surface area contributed by atoms with Crippen LogP contribution >= 0.6 is 0 Å². The van der Waals surface area contributed by atoms with Gasteiger partial charge in [0.25, 0.3) is 0 Å². The van der Waals surface area contributed by atoms with E-state index in [1.807, 2.05) is 0 Å². The number of nitrogens with zero attached hydrogens (tertiary/aromatic N) is 3. The Labute approximate surface area is 74.7 Å². The summed E-state index contributed by atoms with van der Waals surface area (Å²) in [5, 5.41) is 21.1. The molecule has 76 valence electrons. The van der Waals surface area contributed by atoms with Crippen LogP contribution in [0.25, 0.3) is 0 Å². The Bertz CT molecular complexity index is 343. The molecule has 9 heteroatoms. The van der Waals surface area contributed by atoms with Crippen molar-refractivity contribution in [2.24, 2.45) is 4.52 Å². The molecule has 0 radical (unpaired) electrons. The van der Waals surface area contributed by atoms with Gasteiger partial charge in [-0.05, 0) is 4.86 Å². The molecule has 0 saturated carbocycles. The number of hydrogen-bond donors (Lipinski definition) is 0. The molecule has 0 aromatic heterocycles. The Kier molecular flexibility index (Phi) is 2.93. The number of hydrogen-bond acceptors (Lipinski definition) is 5.